The smallest absolute Gasteiger partial charge is 0.153 e. The van der Waals surface area contributed by atoms with Crippen LogP contribution in [0.15, 0.2) is 18.7 Å². The van der Waals surface area contributed by atoms with Gasteiger partial charge in [-0.05, 0) is 12.2 Å². The van der Waals surface area contributed by atoms with Crippen molar-refractivity contribution in [2.45, 2.75) is 0 Å². The third-order valence-electron chi connectivity index (χ3n) is 1.39. The molecule has 0 saturated carbocycles. The highest BCUT2D eigenvalue weighted by Crippen LogP contribution is 2.00. The minimum atomic E-state index is 0.733. The second-order valence-electron chi connectivity index (χ2n) is 2.24. The van der Waals surface area contributed by atoms with Crippen molar-refractivity contribution in [3.05, 3.63) is 30.1 Å². The predicted molar refractivity (Wildman–Crippen MR) is 43.9 cm³/mol. The van der Waals surface area contributed by atoms with E-state index >= 15 is 0 Å². The van der Waals surface area contributed by atoms with E-state index in [1.165, 1.54) is 6.33 Å². The van der Waals surface area contributed by atoms with Crippen molar-refractivity contribution in [2.24, 2.45) is 0 Å². The fraction of sp³-hybridized carbons (Fsp3) is 0. The third-order valence-corrected chi connectivity index (χ3v) is 1.39. The number of rotatable bonds is 2. The normalized spacial score (nSPS) is 11.0. The molecule has 0 amide bonds. The fourth-order valence-corrected chi connectivity index (χ4v) is 0.824. The van der Waals surface area contributed by atoms with Crippen LogP contribution in [-0.4, -0.2) is 25.4 Å². The topological polar surface area (TPSA) is 70.2 Å². The number of hydrogen-bond donors (Lipinski definition) is 2. The number of aromatic amines is 2. The summed E-state index contributed by atoms with van der Waals surface area (Å²) in [5.41, 5.74) is 1.01. The van der Waals surface area contributed by atoms with Crippen molar-refractivity contribution in [2.75, 3.05) is 0 Å². The average Bonchev–Trinajstić information content (AvgIpc) is 2.74. The maximum absolute atomic E-state index is 3.80. The van der Waals surface area contributed by atoms with Crippen LogP contribution in [0.4, 0.5) is 0 Å². The molecule has 0 aliphatic carbocycles. The number of nitrogens with zero attached hydrogens (tertiary/aromatic N) is 3. The molecule has 0 aromatic carbocycles. The van der Waals surface area contributed by atoms with Gasteiger partial charge in [0.05, 0.1) is 6.20 Å². The van der Waals surface area contributed by atoms with E-state index in [4.69, 9.17) is 0 Å². The lowest BCUT2D eigenvalue weighted by atomic mass is 10.3. The van der Waals surface area contributed by atoms with Crippen LogP contribution in [0, 0.1) is 0 Å². The molecule has 5 heteroatoms. The van der Waals surface area contributed by atoms with Gasteiger partial charge in [0.25, 0.3) is 0 Å². The highest BCUT2D eigenvalue weighted by atomic mass is 15.2. The number of H-pyrrole nitrogens is 2. The Labute approximate surface area is 68.5 Å². The number of hydrogen-bond acceptors (Lipinski definition) is 3. The molecular formula is C7H7N5. The maximum Gasteiger partial charge on any atom is 0.153 e. The molecule has 0 fully saturated rings. The van der Waals surface area contributed by atoms with Gasteiger partial charge in [0, 0.05) is 11.8 Å². The summed E-state index contributed by atoms with van der Waals surface area (Å²) in [5.74, 6) is 0.733. The van der Waals surface area contributed by atoms with Crippen LogP contribution in [0.25, 0.3) is 12.2 Å². The zero-order valence-corrected chi connectivity index (χ0v) is 6.23. The van der Waals surface area contributed by atoms with Crippen molar-refractivity contribution >= 4 is 12.2 Å². The molecule has 0 saturated heterocycles. The molecule has 2 aromatic rings. The van der Waals surface area contributed by atoms with Crippen molar-refractivity contribution < 1.29 is 0 Å². The van der Waals surface area contributed by atoms with Gasteiger partial charge in [-0.1, -0.05) is 0 Å². The molecule has 0 spiro atoms. The Bertz CT molecular complexity index is 309. The SMILES string of the molecule is C(=Cc1nnc[nH]1)c1cn[nH]c1. The molecule has 2 heterocycles. The van der Waals surface area contributed by atoms with Gasteiger partial charge in [0.1, 0.15) is 6.33 Å². The molecule has 2 N–H and O–H groups in total. The molecule has 0 atom stereocenters. The Morgan fingerprint density at radius 1 is 1.33 bits per heavy atom. The standard InChI is InChI=1S/C7H7N5/c1(6-3-9-10-4-6)2-7-8-5-11-12-7/h1-5H,(H,9,10)(H,8,11,12). The molecule has 5 nitrogen and oxygen atoms in total. The van der Waals surface area contributed by atoms with Gasteiger partial charge in [0.15, 0.2) is 5.82 Å². The molecule has 0 unspecified atom stereocenters. The van der Waals surface area contributed by atoms with E-state index in [1.54, 1.807) is 12.4 Å². The lowest BCUT2D eigenvalue weighted by Gasteiger charge is -1.80. The molecule has 12 heavy (non-hydrogen) atoms. The minimum absolute atomic E-state index is 0.733. The van der Waals surface area contributed by atoms with Gasteiger partial charge in [-0.2, -0.15) is 5.10 Å². The first-order chi connectivity index (χ1) is 5.95. The van der Waals surface area contributed by atoms with Crippen LogP contribution in [0.3, 0.4) is 0 Å². The zero-order chi connectivity index (χ0) is 8.23. The molecule has 2 rings (SSSR count). The molecule has 0 radical (unpaired) electrons. The Hall–Kier alpha value is -1.91. The number of nitrogens with one attached hydrogen (secondary N) is 2. The Morgan fingerprint density at radius 3 is 3.00 bits per heavy atom. The summed E-state index contributed by atoms with van der Waals surface area (Å²) in [4.78, 5) is 2.86. The maximum atomic E-state index is 3.80. The lowest BCUT2D eigenvalue weighted by molar-refractivity contribution is 1.08. The van der Waals surface area contributed by atoms with E-state index in [2.05, 4.69) is 25.4 Å². The summed E-state index contributed by atoms with van der Waals surface area (Å²) in [6, 6.07) is 0. The highest BCUT2D eigenvalue weighted by Gasteiger charge is 1.88. The zero-order valence-electron chi connectivity index (χ0n) is 6.23. The van der Waals surface area contributed by atoms with E-state index in [9.17, 15) is 0 Å². The molecule has 0 bridgehead atoms. The Balaban J connectivity index is 2.14. The first-order valence-electron chi connectivity index (χ1n) is 3.48. The Kier molecular flexibility index (Phi) is 1.69. The highest BCUT2D eigenvalue weighted by molar-refractivity contribution is 5.65. The summed E-state index contributed by atoms with van der Waals surface area (Å²) >= 11 is 0. The molecule has 60 valence electrons. The largest absolute Gasteiger partial charge is 0.328 e. The van der Waals surface area contributed by atoms with E-state index in [0.717, 1.165) is 11.4 Å². The van der Waals surface area contributed by atoms with Crippen molar-refractivity contribution in [1.29, 1.82) is 0 Å². The lowest BCUT2D eigenvalue weighted by Crippen LogP contribution is -1.73. The van der Waals surface area contributed by atoms with E-state index in [0.29, 0.717) is 0 Å². The Morgan fingerprint density at radius 2 is 2.33 bits per heavy atom. The van der Waals surface area contributed by atoms with Crippen LogP contribution in [-0.2, 0) is 0 Å². The molecule has 0 aliphatic heterocycles. The van der Waals surface area contributed by atoms with Gasteiger partial charge < -0.3 is 4.98 Å². The fourth-order valence-electron chi connectivity index (χ4n) is 0.824. The van der Waals surface area contributed by atoms with Gasteiger partial charge in [-0.3, -0.25) is 5.10 Å². The summed E-state index contributed by atoms with van der Waals surface area (Å²) in [7, 11) is 0. The summed E-state index contributed by atoms with van der Waals surface area (Å²) in [6.45, 7) is 0. The van der Waals surface area contributed by atoms with Crippen LogP contribution in [0.1, 0.15) is 11.4 Å². The van der Waals surface area contributed by atoms with Crippen molar-refractivity contribution in [3.63, 3.8) is 0 Å². The second kappa shape index (κ2) is 3.00. The van der Waals surface area contributed by atoms with E-state index < -0.39 is 0 Å². The molecular weight excluding hydrogens is 154 g/mol. The van der Waals surface area contributed by atoms with Gasteiger partial charge in [-0.25, -0.2) is 0 Å². The number of aromatic nitrogens is 5. The summed E-state index contributed by atoms with van der Waals surface area (Å²) < 4.78 is 0. The first kappa shape index (κ1) is 6.78. The van der Waals surface area contributed by atoms with E-state index in [-0.39, 0.29) is 0 Å². The summed E-state index contributed by atoms with van der Waals surface area (Å²) in [6.07, 6.45) is 8.79. The van der Waals surface area contributed by atoms with Crippen LogP contribution in [0.5, 0.6) is 0 Å². The van der Waals surface area contributed by atoms with E-state index in [1.807, 2.05) is 12.2 Å². The van der Waals surface area contributed by atoms with Gasteiger partial charge >= 0.3 is 0 Å². The monoisotopic (exact) mass is 161 g/mol. The van der Waals surface area contributed by atoms with Crippen LogP contribution in [0.2, 0.25) is 0 Å². The first-order valence-corrected chi connectivity index (χ1v) is 3.48. The molecule has 0 aliphatic rings. The second-order valence-corrected chi connectivity index (χ2v) is 2.24. The average molecular weight is 161 g/mol. The van der Waals surface area contributed by atoms with Crippen molar-refractivity contribution in [3.8, 4) is 0 Å². The molecule has 2 aromatic heterocycles. The van der Waals surface area contributed by atoms with Crippen LogP contribution >= 0.6 is 0 Å². The van der Waals surface area contributed by atoms with Crippen molar-refractivity contribution in [1.82, 2.24) is 25.4 Å². The van der Waals surface area contributed by atoms with Crippen LogP contribution < -0.4 is 0 Å². The van der Waals surface area contributed by atoms with Gasteiger partial charge in [-0.15, -0.1) is 10.2 Å². The third kappa shape index (κ3) is 1.39. The summed E-state index contributed by atoms with van der Waals surface area (Å²) in [5, 5.41) is 13.9. The minimum Gasteiger partial charge on any atom is -0.328 e. The van der Waals surface area contributed by atoms with Gasteiger partial charge in [0.2, 0.25) is 0 Å². The predicted octanol–water partition coefficient (Wildman–Crippen LogP) is 0.698. The quantitative estimate of drug-likeness (QED) is 0.681.